The smallest absolute Gasteiger partial charge is 0.102 e. The van der Waals surface area contributed by atoms with Gasteiger partial charge >= 0.3 is 0 Å². The predicted octanol–water partition coefficient (Wildman–Crippen LogP) is 3.49. The van der Waals surface area contributed by atoms with Gasteiger partial charge in [-0.15, -0.1) is 0 Å². The number of hydrogen-bond donors (Lipinski definition) is 2. The molecule has 0 saturated carbocycles. The fourth-order valence-corrected chi connectivity index (χ4v) is 5.11. The van der Waals surface area contributed by atoms with Gasteiger partial charge in [0.15, 0.2) is 0 Å². The van der Waals surface area contributed by atoms with Crippen molar-refractivity contribution < 1.29 is 0 Å². The van der Waals surface area contributed by atoms with Gasteiger partial charge in [-0.1, -0.05) is 45.0 Å². The second kappa shape index (κ2) is 9.82. The van der Waals surface area contributed by atoms with Crippen LogP contribution in [0.25, 0.3) is 5.70 Å². The molecule has 0 aromatic heterocycles. The number of fused-ring (bicyclic) bond motifs is 1. The number of para-hydroxylation sites is 1. The van der Waals surface area contributed by atoms with Gasteiger partial charge in [-0.2, -0.15) is 0 Å². The number of anilines is 1. The molecule has 0 spiro atoms. The van der Waals surface area contributed by atoms with E-state index < -0.39 is 0 Å². The third kappa shape index (κ3) is 4.47. The van der Waals surface area contributed by atoms with E-state index in [2.05, 4.69) is 81.8 Å². The molecule has 1 aromatic rings. The van der Waals surface area contributed by atoms with Gasteiger partial charge in [0.25, 0.3) is 0 Å². The fraction of sp³-hybridized carbons (Fsp3) is 0.538. The van der Waals surface area contributed by atoms with Crippen molar-refractivity contribution >= 4 is 11.4 Å². The lowest BCUT2D eigenvalue weighted by molar-refractivity contribution is 0.281. The highest BCUT2D eigenvalue weighted by Gasteiger charge is 2.31. The number of likely N-dealkylation sites (tertiary alicyclic amines) is 1. The third-order valence-corrected chi connectivity index (χ3v) is 6.82. The largest absolute Gasteiger partial charge is 0.371 e. The van der Waals surface area contributed by atoms with Crippen LogP contribution in [0.1, 0.15) is 32.8 Å². The summed E-state index contributed by atoms with van der Waals surface area (Å²) in [4.78, 5) is 7.49. The summed E-state index contributed by atoms with van der Waals surface area (Å²) >= 11 is 0. The number of piperazine rings is 1. The molecule has 0 amide bonds. The number of hydrogen-bond acceptors (Lipinski definition) is 5. The first kappa shape index (κ1) is 21.8. The molecule has 2 N–H and O–H groups in total. The van der Waals surface area contributed by atoms with Gasteiger partial charge < -0.3 is 25.3 Å². The van der Waals surface area contributed by atoms with Crippen molar-refractivity contribution in [1.29, 1.82) is 0 Å². The molecule has 2 atom stereocenters. The third-order valence-electron chi connectivity index (χ3n) is 6.82. The summed E-state index contributed by atoms with van der Waals surface area (Å²) in [5, 5.41) is 7.13. The molecule has 31 heavy (non-hydrogen) atoms. The molecule has 5 rings (SSSR count). The zero-order chi connectivity index (χ0) is 21.8. The zero-order valence-corrected chi connectivity index (χ0v) is 19.7. The Bertz CT molecular complexity index is 849. The number of nitrogens with one attached hydrogen (secondary N) is 2. The van der Waals surface area contributed by atoms with E-state index in [1.165, 1.54) is 47.9 Å². The van der Waals surface area contributed by atoms with E-state index in [-0.39, 0.29) is 0 Å². The molecule has 168 valence electrons. The molecule has 2 saturated heterocycles. The highest BCUT2D eigenvalue weighted by atomic mass is 15.3. The maximum atomic E-state index is 3.69. The SMILES string of the molecule is CC.CC1CCN(C2=CC(C3=CC=C(N4CCNCC4)NC3)N(C)c3ccccc32)C1. The maximum Gasteiger partial charge on any atom is 0.102 e. The second-order valence-corrected chi connectivity index (χ2v) is 8.85. The Labute approximate surface area is 188 Å². The first-order chi connectivity index (χ1) is 15.2. The molecule has 4 heterocycles. The Morgan fingerprint density at radius 3 is 2.42 bits per heavy atom. The lowest BCUT2D eigenvalue weighted by Crippen LogP contribution is -2.47. The average molecular weight is 422 g/mol. The molecule has 5 heteroatoms. The lowest BCUT2D eigenvalue weighted by Gasteiger charge is -2.40. The Hall–Kier alpha value is -2.40. The topological polar surface area (TPSA) is 33.8 Å². The fourth-order valence-electron chi connectivity index (χ4n) is 5.11. The Balaban J connectivity index is 0.00000112. The highest BCUT2D eigenvalue weighted by molar-refractivity contribution is 5.81. The number of allylic oxidation sites excluding steroid dienone is 2. The lowest BCUT2D eigenvalue weighted by atomic mass is 9.93. The Morgan fingerprint density at radius 1 is 0.968 bits per heavy atom. The Morgan fingerprint density at radius 2 is 1.74 bits per heavy atom. The van der Waals surface area contributed by atoms with Gasteiger partial charge in [-0.3, -0.25) is 0 Å². The number of benzene rings is 1. The van der Waals surface area contributed by atoms with Crippen molar-refractivity contribution in [3.05, 3.63) is 59.5 Å². The number of rotatable bonds is 3. The summed E-state index contributed by atoms with van der Waals surface area (Å²) in [7, 11) is 2.24. The molecule has 4 aliphatic heterocycles. The second-order valence-electron chi connectivity index (χ2n) is 8.85. The molecule has 2 fully saturated rings. The normalized spacial score (nSPS) is 25.5. The van der Waals surface area contributed by atoms with Gasteiger partial charge in [0, 0.05) is 69.8 Å². The summed E-state index contributed by atoms with van der Waals surface area (Å²) in [5.74, 6) is 2.05. The van der Waals surface area contributed by atoms with Gasteiger partial charge in [-0.25, -0.2) is 0 Å². The zero-order valence-electron chi connectivity index (χ0n) is 19.7. The first-order valence-electron chi connectivity index (χ1n) is 12.1. The number of likely N-dealkylation sites (N-methyl/N-ethyl adjacent to an activating group) is 1. The first-order valence-corrected chi connectivity index (χ1v) is 12.1. The van der Waals surface area contributed by atoms with Crippen LogP contribution in [0.3, 0.4) is 0 Å². The van der Waals surface area contributed by atoms with E-state index >= 15 is 0 Å². The van der Waals surface area contributed by atoms with Crippen LogP contribution >= 0.6 is 0 Å². The van der Waals surface area contributed by atoms with Crippen LogP contribution in [0.5, 0.6) is 0 Å². The summed E-state index contributed by atoms with van der Waals surface area (Å²) in [6, 6.07) is 9.19. The van der Waals surface area contributed by atoms with Gasteiger partial charge in [0.05, 0.1) is 6.04 Å². The highest BCUT2D eigenvalue weighted by Crippen LogP contribution is 2.39. The predicted molar refractivity (Wildman–Crippen MR) is 132 cm³/mol. The minimum Gasteiger partial charge on any atom is -0.371 e. The molecule has 4 aliphatic rings. The summed E-state index contributed by atoms with van der Waals surface area (Å²) in [5.41, 5.74) is 5.57. The van der Waals surface area contributed by atoms with Gasteiger partial charge in [0.2, 0.25) is 0 Å². The number of dihydropyridines is 1. The van der Waals surface area contributed by atoms with Crippen LogP contribution in [-0.2, 0) is 0 Å². The van der Waals surface area contributed by atoms with E-state index in [1.54, 1.807) is 0 Å². The van der Waals surface area contributed by atoms with Gasteiger partial charge in [-0.05, 0) is 36.1 Å². The molecule has 0 bridgehead atoms. The molecule has 2 unspecified atom stereocenters. The monoisotopic (exact) mass is 421 g/mol. The quantitative estimate of drug-likeness (QED) is 0.781. The van der Waals surface area contributed by atoms with Crippen LogP contribution in [-0.4, -0.2) is 68.7 Å². The van der Waals surface area contributed by atoms with Crippen molar-refractivity contribution in [3.8, 4) is 0 Å². The summed E-state index contributed by atoms with van der Waals surface area (Å²) in [6.07, 6.45) is 8.42. The van der Waals surface area contributed by atoms with Crippen LogP contribution in [0.2, 0.25) is 0 Å². The van der Waals surface area contributed by atoms with Crippen LogP contribution in [0, 0.1) is 5.92 Å². The van der Waals surface area contributed by atoms with Gasteiger partial charge in [0.1, 0.15) is 5.82 Å². The minimum atomic E-state index is 0.295. The van der Waals surface area contributed by atoms with Crippen molar-refractivity contribution in [3.63, 3.8) is 0 Å². The molecule has 1 aromatic carbocycles. The van der Waals surface area contributed by atoms with E-state index in [0.717, 1.165) is 38.6 Å². The van der Waals surface area contributed by atoms with Crippen molar-refractivity contribution in [2.75, 3.05) is 57.8 Å². The molecule has 0 radical (unpaired) electrons. The Kier molecular flexibility index (Phi) is 6.91. The summed E-state index contributed by atoms with van der Waals surface area (Å²) in [6.45, 7) is 13.9. The average Bonchev–Trinajstić information content (AvgIpc) is 3.27. The van der Waals surface area contributed by atoms with Crippen molar-refractivity contribution in [2.45, 2.75) is 33.2 Å². The maximum absolute atomic E-state index is 3.69. The van der Waals surface area contributed by atoms with E-state index in [9.17, 15) is 0 Å². The van der Waals surface area contributed by atoms with Crippen molar-refractivity contribution in [2.24, 2.45) is 5.92 Å². The van der Waals surface area contributed by atoms with Crippen LogP contribution < -0.4 is 15.5 Å². The summed E-state index contributed by atoms with van der Waals surface area (Å²) < 4.78 is 0. The number of nitrogens with zero attached hydrogens (tertiary/aromatic N) is 3. The molecular formula is C26H39N5. The van der Waals surface area contributed by atoms with Crippen molar-refractivity contribution in [1.82, 2.24) is 20.4 Å². The molecule has 5 nitrogen and oxygen atoms in total. The molecular weight excluding hydrogens is 382 g/mol. The van der Waals surface area contributed by atoms with E-state index in [1.807, 2.05) is 13.8 Å². The van der Waals surface area contributed by atoms with E-state index in [0.29, 0.717) is 6.04 Å². The standard InChI is InChI=1S/C24H33N5.C2H6/c1-18-9-12-29(17-18)23-15-22(27(2)21-6-4-3-5-20(21)23)19-7-8-24(26-16-19)28-13-10-25-11-14-28;1-2/h3-8,15,18,22,25-26H,9-14,16-17H2,1-2H3;1-2H3. The molecule has 0 aliphatic carbocycles. The van der Waals surface area contributed by atoms with Crippen LogP contribution in [0.15, 0.2) is 53.9 Å². The minimum absolute atomic E-state index is 0.295. The van der Waals surface area contributed by atoms with Crippen LogP contribution in [0.4, 0.5) is 5.69 Å². The van der Waals surface area contributed by atoms with E-state index in [4.69, 9.17) is 0 Å².